The van der Waals surface area contributed by atoms with E-state index in [9.17, 15) is 4.79 Å². The molecule has 0 saturated carbocycles. The van der Waals surface area contributed by atoms with Gasteiger partial charge in [0.05, 0.1) is 6.61 Å². The second-order valence-corrected chi connectivity index (χ2v) is 2.20. The lowest BCUT2D eigenvalue weighted by Crippen LogP contribution is -2.57. The van der Waals surface area contributed by atoms with Gasteiger partial charge < -0.3 is 20.4 Å². The lowest BCUT2D eigenvalue weighted by Gasteiger charge is -2.25. The minimum atomic E-state index is -2.51. The molecule has 11 heavy (non-hydrogen) atoms. The van der Waals surface area contributed by atoms with Gasteiger partial charge in [0, 0.05) is 0 Å². The number of rotatable bonds is 4. The number of hydrogen-bond acceptors (Lipinski definition) is 6. The summed E-state index contributed by atoms with van der Waals surface area (Å²) in [6, 6.07) is 0. The summed E-state index contributed by atoms with van der Waals surface area (Å²) in [6.07, 6.45) is -3.63. The molecule has 0 rings (SSSR count). The predicted octanol–water partition coefficient (Wildman–Crippen LogP) is -3.45. The number of aliphatic hydroxyl groups excluding tert-OH is 3. The number of carbonyl (C=O) groups excluding carboxylic acids is 1. The van der Waals surface area contributed by atoms with E-state index in [1.165, 1.54) is 0 Å². The van der Waals surface area contributed by atoms with Crippen LogP contribution < -0.4 is 5.73 Å². The first-order chi connectivity index (χ1) is 4.95. The lowest BCUT2D eigenvalue weighted by atomic mass is 10.0. The third-order valence-electron chi connectivity index (χ3n) is 1.21. The van der Waals surface area contributed by atoms with E-state index >= 15 is 0 Å². The van der Waals surface area contributed by atoms with Gasteiger partial charge in [-0.1, -0.05) is 0 Å². The second-order valence-electron chi connectivity index (χ2n) is 2.20. The Morgan fingerprint density at radius 1 is 1.55 bits per heavy atom. The van der Waals surface area contributed by atoms with Gasteiger partial charge >= 0.3 is 0 Å². The third kappa shape index (κ3) is 2.52. The van der Waals surface area contributed by atoms with Gasteiger partial charge in [0.2, 0.25) is 0 Å². The summed E-state index contributed by atoms with van der Waals surface area (Å²) in [6.45, 7) is -0.783. The van der Waals surface area contributed by atoms with E-state index in [0.29, 0.717) is 0 Å². The summed E-state index contributed by atoms with van der Waals surface area (Å²) in [5.74, 6) is 0. The second kappa shape index (κ2) is 3.74. The number of nitrogens with two attached hydrogens (primary N) is 1. The maximum absolute atomic E-state index is 9.96. The van der Waals surface area contributed by atoms with Crippen molar-refractivity contribution < 1.29 is 25.2 Å². The fourth-order valence-corrected chi connectivity index (χ4v) is 0.478. The van der Waals surface area contributed by atoms with Crippen LogP contribution in [0.2, 0.25) is 0 Å². The van der Waals surface area contributed by atoms with Crippen LogP contribution in [0.25, 0.3) is 0 Å². The molecule has 0 heterocycles. The van der Waals surface area contributed by atoms with Crippen molar-refractivity contribution >= 4 is 6.29 Å². The maximum atomic E-state index is 9.96. The van der Waals surface area contributed by atoms with Crippen molar-refractivity contribution in [3.63, 3.8) is 0 Å². The molecule has 0 aliphatic carbocycles. The number of aliphatic hydroxyl groups is 4. The van der Waals surface area contributed by atoms with Crippen molar-refractivity contribution in [1.82, 2.24) is 0 Å². The van der Waals surface area contributed by atoms with Crippen molar-refractivity contribution in [2.45, 2.75) is 17.9 Å². The van der Waals surface area contributed by atoms with Crippen LogP contribution in [0.1, 0.15) is 0 Å². The highest BCUT2D eigenvalue weighted by atomic mass is 16.4. The van der Waals surface area contributed by atoms with Crippen molar-refractivity contribution in [1.29, 1.82) is 0 Å². The molecule has 6 heteroatoms. The van der Waals surface area contributed by atoms with Crippen LogP contribution >= 0.6 is 0 Å². The van der Waals surface area contributed by atoms with Crippen molar-refractivity contribution in [2.24, 2.45) is 5.73 Å². The Labute approximate surface area is 62.9 Å². The molecule has 0 bridgehead atoms. The molecule has 0 fully saturated rings. The standard InChI is InChI=1S/C5H11NO5/c6-5(11,2-8)4(10)3(9)1-7/h2-4,7,9-11H,1,6H2/t3-,4-,5+/m1/s1. The van der Waals surface area contributed by atoms with Gasteiger partial charge in [0.25, 0.3) is 0 Å². The summed E-state index contributed by atoms with van der Waals surface area (Å²) in [7, 11) is 0. The summed E-state index contributed by atoms with van der Waals surface area (Å²) < 4.78 is 0. The largest absolute Gasteiger partial charge is 0.394 e. The zero-order valence-corrected chi connectivity index (χ0v) is 5.71. The molecule has 0 radical (unpaired) electrons. The van der Waals surface area contributed by atoms with E-state index in [-0.39, 0.29) is 6.29 Å². The zero-order chi connectivity index (χ0) is 9.07. The van der Waals surface area contributed by atoms with Gasteiger partial charge in [-0.2, -0.15) is 0 Å². The third-order valence-corrected chi connectivity index (χ3v) is 1.21. The Balaban J connectivity index is 4.21. The average Bonchev–Trinajstić information content (AvgIpc) is 2.01. The summed E-state index contributed by atoms with van der Waals surface area (Å²) in [5.41, 5.74) is 2.29. The molecule has 0 unspecified atom stereocenters. The van der Waals surface area contributed by atoms with E-state index < -0.39 is 24.5 Å². The van der Waals surface area contributed by atoms with Gasteiger partial charge in [-0.25, -0.2) is 0 Å². The molecule has 0 aromatic heterocycles. The number of hydrogen-bond donors (Lipinski definition) is 5. The SMILES string of the molecule is N[C@](O)(C=O)[C@H](O)[C@H](O)CO. The fourth-order valence-electron chi connectivity index (χ4n) is 0.478. The fraction of sp³-hybridized carbons (Fsp3) is 0.800. The zero-order valence-electron chi connectivity index (χ0n) is 5.71. The highest BCUT2D eigenvalue weighted by molar-refractivity contribution is 5.62. The van der Waals surface area contributed by atoms with Gasteiger partial charge in [-0.05, 0) is 0 Å². The molecule has 6 N–H and O–H groups in total. The highest BCUT2D eigenvalue weighted by Gasteiger charge is 2.35. The van der Waals surface area contributed by atoms with Crippen LogP contribution in [0.3, 0.4) is 0 Å². The molecule has 3 atom stereocenters. The molecule has 0 saturated heterocycles. The van der Waals surface area contributed by atoms with Gasteiger partial charge in [-0.3, -0.25) is 10.5 Å². The first-order valence-corrected chi connectivity index (χ1v) is 2.90. The molecule has 0 aromatic rings. The Kier molecular flexibility index (Phi) is 3.56. The highest BCUT2D eigenvalue weighted by Crippen LogP contribution is 2.04. The molecule has 0 spiro atoms. The summed E-state index contributed by atoms with van der Waals surface area (Å²) in [5, 5.41) is 34.6. The van der Waals surface area contributed by atoms with E-state index in [4.69, 9.17) is 26.2 Å². The van der Waals surface area contributed by atoms with Crippen LogP contribution in [0, 0.1) is 0 Å². The minimum absolute atomic E-state index is 0.115. The Morgan fingerprint density at radius 2 is 2.00 bits per heavy atom. The molecular formula is C5H11NO5. The van der Waals surface area contributed by atoms with Crippen LogP contribution in [0.15, 0.2) is 0 Å². The number of aldehydes is 1. The Bertz CT molecular complexity index is 137. The Morgan fingerprint density at radius 3 is 2.27 bits per heavy atom. The smallest absolute Gasteiger partial charge is 0.199 e. The van der Waals surface area contributed by atoms with E-state index in [0.717, 1.165) is 0 Å². The van der Waals surface area contributed by atoms with E-state index in [1.807, 2.05) is 0 Å². The number of carbonyl (C=O) groups is 1. The van der Waals surface area contributed by atoms with Crippen molar-refractivity contribution in [2.75, 3.05) is 6.61 Å². The normalized spacial score (nSPS) is 21.9. The summed E-state index contributed by atoms with van der Waals surface area (Å²) in [4.78, 5) is 9.96. The average molecular weight is 165 g/mol. The Hall–Kier alpha value is -0.530. The molecule has 0 amide bonds. The quantitative estimate of drug-likeness (QED) is 0.218. The van der Waals surface area contributed by atoms with Gasteiger partial charge in [-0.15, -0.1) is 0 Å². The van der Waals surface area contributed by atoms with Gasteiger partial charge in [0.15, 0.2) is 12.0 Å². The van der Waals surface area contributed by atoms with Crippen molar-refractivity contribution in [3.8, 4) is 0 Å². The molecule has 0 aliphatic heterocycles. The molecule has 0 aromatic carbocycles. The lowest BCUT2D eigenvalue weighted by molar-refractivity contribution is -0.151. The molecule has 6 nitrogen and oxygen atoms in total. The first-order valence-electron chi connectivity index (χ1n) is 2.90. The minimum Gasteiger partial charge on any atom is -0.394 e. The van der Waals surface area contributed by atoms with Crippen molar-refractivity contribution in [3.05, 3.63) is 0 Å². The molecule has 0 aliphatic rings. The van der Waals surface area contributed by atoms with Crippen LogP contribution in [-0.4, -0.2) is 51.3 Å². The summed E-state index contributed by atoms with van der Waals surface area (Å²) >= 11 is 0. The van der Waals surface area contributed by atoms with Crippen LogP contribution in [-0.2, 0) is 4.79 Å². The molecular weight excluding hydrogens is 154 g/mol. The first kappa shape index (κ1) is 10.5. The predicted molar refractivity (Wildman–Crippen MR) is 34.3 cm³/mol. The van der Waals surface area contributed by atoms with E-state index in [2.05, 4.69) is 0 Å². The monoisotopic (exact) mass is 165 g/mol. The molecule has 66 valence electrons. The van der Waals surface area contributed by atoms with E-state index in [1.54, 1.807) is 0 Å². The topological polar surface area (TPSA) is 124 Å². The maximum Gasteiger partial charge on any atom is 0.199 e. The van der Waals surface area contributed by atoms with Crippen LogP contribution in [0.5, 0.6) is 0 Å². The van der Waals surface area contributed by atoms with Gasteiger partial charge in [0.1, 0.15) is 12.2 Å². The van der Waals surface area contributed by atoms with Crippen LogP contribution in [0.4, 0.5) is 0 Å².